The van der Waals surface area contributed by atoms with E-state index >= 15 is 0 Å². The molecule has 1 fully saturated rings. The fourth-order valence-corrected chi connectivity index (χ4v) is 4.88. The predicted octanol–water partition coefficient (Wildman–Crippen LogP) is 5.09. The van der Waals surface area contributed by atoms with E-state index in [2.05, 4.69) is 0 Å². The van der Waals surface area contributed by atoms with E-state index in [4.69, 9.17) is 16.3 Å². The standard InChI is InChI=1S/C10H8ClF5OS/c11-7-8-5-3-1-2-4-6(5)9(17-8)10(7)18(12,13,14,15)16/h1-4,7-10H/t7-,8+,9-,10+/m0/s1. The maximum atomic E-state index is 13.0. The van der Waals surface area contributed by atoms with Crippen molar-refractivity contribution in [3.05, 3.63) is 35.4 Å². The fraction of sp³-hybridized carbons (Fsp3) is 0.400. The Hall–Kier alpha value is -0.530. The van der Waals surface area contributed by atoms with Crippen molar-refractivity contribution in [3.63, 3.8) is 0 Å². The van der Waals surface area contributed by atoms with E-state index in [9.17, 15) is 19.4 Å². The summed E-state index contributed by atoms with van der Waals surface area (Å²) in [6, 6.07) is 6.03. The first-order valence-electron chi connectivity index (χ1n) is 5.10. The highest BCUT2D eigenvalue weighted by Crippen LogP contribution is 3.03. The molecular weight excluding hydrogens is 299 g/mol. The van der Waals surface area contributed by atoms with Gasteiger partial charge in [-0.2, -0.15) is 0 Å². The Bertz CT molecular complexity index is 530. The third-order valence-electron chi connectivity index (χ3n) is 3.32. The van der Waals surface area contributed by atoms with Gasteiger partial charge in [-0.3, -0.25) is 0 Å². The van der Waals surface area contributed by atoms with Crippen molar-refractivity contribution in [1.29, 1.82) is 0 Å². The van der Waals surface area contributed by atoms with E-state index in [-0.39, 0.29) is 5.56 Å². The van der Waals surface area contributed by atoms with Crippen LogP contribution in [0, 0.1) is 0 Å². The van der Waals surface area contributed by atoms with Crippen molar-refractivity contribution in [2.75, 3.05) is 0 Å². The van der Waals surface area contributed by atoms with Gasteiger partial charge in [0.25, 0.3) is 10.2 Å². The van der Waals surface area contributed by atoms with Crippen LogP contribution in [-0.4, -0.2) is 10.6 Å². The van der Waals surface area contributed by atoms with Crippen molar-refractivity contribution in [2.45, 2.75) is 22.8 Å². The number of fused-ring (bicyclic) bond motifs is 5. The highest BCUT2D eigenvalue weighted by atomic mass is 35.5. The lowest BCUT2D eigenvalue weighted by Gasteiger charge is -2.49. The van der Waals surface area contributed by atoms with E-state index in [1.54, 1.807) is 12.1 Å². The van der Waals surface area contributed by atoms with Gasteiger partial charge < -0.3 is 4.74 Å². The van der Waals surface area contributed by atoms with Crippen LogP contribution in [0.5, 0.6) is 0 Å². The second kappa shape index (κ2) is 2.81. The molecule has 2 aliphatic rings. The minimum atomic E-state index is -9.68. The summed E-state index contributed by atoms with van der Waals surface area (Å²) < 4.78 is 69.8. The molecule has 0 spiro atoms. The van der Waals surface area contributed by atoms with E-state index in [1.165, 1.54) is 12.1 Å². The Morgan fingerprint density at radius 3 is 1.94 bits per heavy atom. The summed E-state index contributed by atoms with van der Waals surface area (Å²) in [7, 11) is -9.68. The van der Waals surface area contributed by atoms with Gasteiger partial charge in [0.05, 0.1) is 5.38 Å². The zero-order chi connectivity index (χ0) is 13.4. The van der Waals surface area contributed by atoms with Crippen LogP contribution in [0.4, 0.5) is 19.4 Å². The minimum Gasteiger partial charge on any atom is -0.362 e. The molecule has 1 saturated heterocycles. The first-order valence-corrected chi connectivity index (χ1v) is 7.55. The molecule has 1 aromatic carbocycles. The first kappa shape index (κ1) is 12.5. The monoisotopic (exact) mass is 306 g/mol. The third-order valence-corrected chi connectivity index (χ3v) is 5.54. The molecule has 0 aromatic heterocycles. The second-order valence-corrected chi connectivity index (χ2v) is 7.65. The highest BCUT2D eigenvalue weighted by molar-refractivity contribution is 8.46. The lowest BCUT2D eigenvalue weighted by molar-refractivity contribution is 0.0703. The summed E-state index contributed by atoms with van der Waals surface area (Å²) in [4.78, 5) is 0. The maximum absolute atomic E-state index is 13.0. The van der Waals surface area contributed by atoms with E-state index in [0.29, 0.717) is 5.56 Å². The van der Waals surface area contributed by atoms with Gasteiger partial charge in [0, 0.05) is 0 Å². The Morgan fingerprint density at radius 2 is 1.44 bits per heavy atom. The molecule has 102 valence electrons. The van der Waals surface area contributed by atoms with E-state index in [1.807, 2.05) is 0 Å². The summed E-state index contributed by atoms with van der Waals surface area (Å²) in [6.45, 7) is 0. The molecule has 0 amide bonds. The lowest BCUT2D eigenvalue weighted by atomic mass is 9.91. The van der Waals surface area contributed by atoms with Gasteiger partial charge in [-0.15, -0.1) is 11.6 Å². The molecule has 18 heavy (non-hydrogen) atoms. The topological polar surface area (TPSA) is 9.23 Å². The molecule has 0 N–H and O–H groups in total. The van der Waals surface area contributed by atoms with Crippen molar-refractivity contribution in [2.24, 2.45) is 0 Å². The zero-order valence-corrected chi connectivity index (χ0v) is 10.3. The number of ether oxygens (including phenoxy) is 1. The van der Waals surface area contributed by atoms with Crippen LogP contribution >= 0.6 is 21.8 Å². The van der Waals surface area contributed by atoms with E-state index in [0.717, 1.165) is 0 Å². The minimum absolute atomic E-state index is 0.164. The molecule has 2 heterocycles. The van der Waals surface area contributed by atoms with Crippen LogP contribution in [0.25, 0.3) is 0 Å². The average molecular weight is 307 g/mol. The molecule has 4 atom stereocenters. The Morgan fingerprint density at radius 1 is 0.944 bits per heavy atom. The normalized spacial score (nSPS) is 38.1. The number of halogens is 6. The number of rotatable bonds is 1. The van der Waals surface area contributed by atoms with Gasteiger partial charge in [-0.05, 0) is 11.1 Å². The molecule has 8 heteroatoms. The zero-order valence-electron chi connectivity index (χ0n) is 8.70. The number of hydrogen-bond donors (Lipinski definition) is 0. The average Bonchev–Trinajstić information content (AvgIpc) is 2.70. The lowest BCUT2D eigenvalue weighted by Crippen LogP contribution is -2.37. The molecule has 0 aliphatic carbocycles. The van der Waals surface area contributed by atoms with Crippen molar-refractivity contribution in [1.82, 2.24) is 0 Å². The number of benzene rings is 1. The molecule has 0 radical (unpaired) electrons. The smallest absolute Gasteiger partial charge is 0.292 e. The van der Waals surface area contributed by atoms with Crippen LogP contribution in [-0.2, 0) is 4.74 Å². The van der Waals surface area contributed by atoms with Crippen LogP contribution in [0.2, 0.25) is 0 Å². The third kappa shape index (κ3) is 1.64. The summed E-state index contributed by atoms with van der Waals surface area (Å²) >= 11 is 5.57. The molecule has 1 aromatic rings. The van der Waals surface area contributed by atoms with Gasteiger partial charge in [-0.1, -0.05) is 43.7 Å². The predicted molar refractivity (Wildman–Crippen MR) is 59.6 cm³/mol. The summed E-state index contributed by atoms with van der Waals surface area (Å²) in [5.41, 5.74) is 0.637. The quantitative estimate of drug-likeness (QED) is 0.519. The summed E-state index contributed by atoms with van der Waals surface area (Å²) in [5, 5.41) is -4.69. The van der Waals surface area contributed by atoms with Gasteiger partial charge in [-0.25, -0.2) is 0 Å². The van der Waals surface area contributed by atoms with Crippen molar-refractivity contribution < 1.29 is 24.2 Å². The Kier molecular flexibility index (Phi) is 1.95. The largest absolute Gasteiger partial charge is 0.362 e. The van der Waals surface area contributed by atoms with Crippen LogP contribution in [0.3, 0.4) is 0 Å². The van der Waals surface area contributed by atoms with Crippen LogP contribution in [0.1, 0.15) is 23.3 Å². The molecule has 2 bridgehead atoms. The molecule has 1 nitrogen and oxygen atoms in total. The summed E-state index contributed by atoms with van der Waals surface area (Å²) in [5.74, 6) is 0. The molecule has 0 saturated carbocycles. The SMILES string of the molecule is FS(F)(F)(F)(F)[C@@H]1[C@@H](Cl)[C@@H]2O[C@H]1c1ccccc12. The maximum Gasteiger partial charge on any atom is 0.292 e. The number of alkyl halides is 1. The molecule has 2 aliphatic heterocycles. The van der Waals surface area contributed by atoms with E-state index < -0.39 is 33.1 Å². The van der Waals surface area contributed by atoms with Crippen LogP contribution < -0.4 is 0 Å². The Labute approximate surface area is 105 Å². The molecule has 0 unspecified atom stereocenters. The van der Waals surface area contributed by atoms with Crippen molar-refractivity contribution in [3.8, 4) is 0 Å². The van der Waals surface area contributed by atoms with Gasteiger partial charge >= 0.3 is 0 Å². The van der Waals surface area contributed by atoms with Gasteiger partial charge in [0.15, 0.2) is 0 Å². The second-order valence-electron chi connectivity index (χ2n) is 4.54. The van der Waals surface area contributed by atoms with Gasteiger partial charge in [0.1, 0.15) is 17.5 Å². The van der Waals surface area contributed by atoms with Crippen molar-refractivity contribution >= 4 is 21.8 Å². The fourth-order valence-electron chi connectivity index (χ4n) is 2.65. The van der Waals surface area contributed by atoms with Gasteiger partial charge in [0.2, 0.25) is 0 Å². The Balaban J connectivity index is 2.16. The summed E-state index contributed by atoms with van der Waals surface area (Å²) in [6.07, 6.45) is -2.80. The molecular formula is C10H8ClF5OS. The molecule has 3 rings (SSSR count). The highest BCUT2D eigenvalue weighted by Gasteiger charge is 2.78. The van der Waals surface area contributed by atoms with Crippen LogP contribution in [0.15, 0.2) is 24.3 Å². The first-order chi connectivity index (χ1) is 7.99. The number of hydrogen-bond acceptors (Lipinski definition) is 1.